The molecule has 0 aliphatic heterocycles. The number of hydrogen-bond donors (Lipinski definition) is 1. The van der Waals surface area contributed by atoms with E-state index in [-0.39, 0.29) is 5.41 Å². The third-order valence-corrected chi connectivity index (χ3v) is 3.62. The minimum atomic E-state index is 0.118. The van der Waals surface area contributed by atoms with Crippen molar-refractivity contribution in [2.24, 2.45) is 0 Å². The van der Waals surface area contributed by atoms with Gasteiger partial charge in [-0.3, -0.25) is 0 Å². The molecule has 98 valence electrons. The zero-order valence-corrected chi connectivity index (χ0v) is 12.4. The SMILES string of the molecule is CCNCc1sc(CCOC)nc1C(C)(C)C. The first-order valence-electron chi connectivity index (χ1n) is 6.17. The molecule has 17 heavy (non-hydrogen) atoms. The zero-order chi connectivity index (χ0) is 12.9. The summed E-state index contributed by atoms with van der Waals surface area (Å²) in [5, 5.41) is 4.57. The van der Waals surface area contributed by atoms with Crippen molar-refractivity contribution < 1.29 is 4.74 Å². The first-order chi connectivity index (χ1) is 7.99. The number of nitrogens with zero attached hydrogens (tertiary/aromatic N) is 1. The molecule has 0 saturated carbocycles. The van der Waals surface area contributed by atoms with Crippen molar-refractivity contribution in [3.63, 3.8) is 0 Å². The van der Waals surface area contributed by atoms with Crippen molar-refractivity contribution >= 4 is 11.3 Å². The largest absolute Gasteiger partial charge is 0.384 e. The Hall–Kier alpha value is -0.450. The number of ether oxygens (including phenoxy) is 1. The molecule has 0 spiro atoms. The number of thiazole rings is 1. The van der Waals surface area contributed by atoms with E-state index < -0.39 is 0 Å². The van der Waals surface area contributed by atoms with Gasteiger partial charge in [0.05, 0.1) is 17.3 Å². The Balaban J connectivity index is 2.87. The monoisotopic (exact) mass is 256 g/mol. The second-order valence-electron chi connectivity index (χ2n) is 5.15. The van der Waals surface area contributed by atoms with Gasteiger partial charge in [0.15, 0.2) is 0 Å². The Morgan fingerprint density at radius 1 is 1.35 bits per heavy atom. The van der Waals surface area contributed by atoms with Crippen LogP contribution in [0.25, 0.3) is 0 Å². The number of hydrogen-bond acceptors (Lipinski definition) is 4. The van der Waals surface area contributed by atoms with Gasteiger partial charge in [-0.25, -0.2) is 4.98 Å². The van der Waals surface area contributed by atoms with Crippen LogP contribution in [0.4, 0.5) is 0 Å². The summed E-state index contributed by atoms with van der Waals surface area (Å²) in [4.78, 5) is 6.14. The lowest BCUT2D eigenvalue weighted by Gasteiger charge is -2.17. The predicted molar refractivity (Wildman–Crippen MR) is 73.8 cm³/mol. The van der Waals surface area contributed by atoms with E-state index in [2.05, 4.69) is 33.0 Å². The average Bonchev–Trinajstić information content (AvgIpc) is 2.66. The second-order valence-corrected chi connectivity index (χ2v) is 6.32. The molecule has 0 aliphatic carbocycles. The highest BCUT2D eigenvalue weighted by molar-refractivity contribution is 7.11. The Labute approximate surface area is 109 Å². The molecular weight excluding hydrogens is 232 g/mol. The Morgan fingerprint density at radius 2 is 2.06 bits per heavy atom. The van der Waals surface area contributed by atoms with Gasteiger partial charge < -0.3 is 10.1 Å². The number of rotatable bonds is 6. The first kappa shape index (κ1) is 14.6. The number of methoxy groups -OCH3 is 1. The van der Waals surface area contributed by atoms with E-state index in [4.69, 9.17) is 9.72 Å². The molecule has 0 amide bonds. The summed E-state index contributed by atoms with van der Waals surface area (Å²) >= 11 is 1.81. The smallest absolute Gasteiger partial charge is 0.0954 e. The molecule has 0 aromatic carbocycles. The summed E-state index contributed by atoms with van der Waals surface area (Å²) in [5.74, 6) is 0. The van der Waals surface area contributed by atoms with E-state index in [0.29, 0.717) is 0 Å². The molecule has 1 heterocycles. The first-order valence-corrected chi connectivity index (χ1v) is 6.99. The van der Waals surface area contributed by atoms with Gasteiger partial charge in [0.25, 0.3) is 0 Å². The van der Waals surface area contributed by atoms with Crippen LogP contribution >= 0.6 is 11.3 Å². The van der Waals surface area contributed by atoms with Crippen LogP contribution in [0.1, 0.15) is 43.3 Å². The second kappa shape index (κ2) is 6.47. The fraction of sp³-hybridized carbons (Fsp3) is 0.769. The molecule has 4 heteroatoms. The molecule has 1 N–H and O–H groups in total. The minimum Gasteiger partial charge on any atom is -0.384 e. The lowest BCUT2D eigenvalue weighted by molar-refractivity contribution is 0.202. The van der Waals surface area contributed by atoms with Gasteiger partial charge in [-0.1, -0.05) is 27.7 Å². The molecular formula is C13H24N2OS. The molecule has 1 aromatic rings. The van der Waals surface area contributed by atoms with Crippen LogP contribution in [0.15, 0.2) is 0 Å². The minimum absolute atomic E-state index is 0.118. The fourth-order valence-corrected chi connectivity index (χ4v) is 2.87. The Kier molecular flexibility index (Phi) is 5.56. The Bertz CT molecular complexity index is 342. The summed E-state index contributed by atoms with van der Waals surface area (Å²) in [7, 11) is 1.73. The highest BCUT2D eigenvalue weighted by Crippen LogP contribution is 2.29. The van der Waals surface area contributed by atoms with Gasteiger partial charge in [0.1, 0.15) is 0 Å². The molecule has 0 unspecified atom stereocenters. The molecule has 0 saturated heterocycles. The molecule has 0 radical (unpaired) electrons. The summed E-state index contributed by atoms with van der Waals surface area (Å²) in [5.41, 5.74) is 1.35. The van der Waals surface area contributed by atoms with E-state index in [1.54, 1.807) is 7.11 Å². The van der Waals surface area contributed by atoms with E-state index in [0.717, 1.165) is 26.1 Å². The topological polar surface area (TPSA) is 34.1 Å². The number of aromatic nitrogens is 1. The molecule has 0 fully saturated rings. The van der Waals surface area contributed by atoms with Crippen molar-refractivity contribution in [3.8, 4) is 0 Å². The van der Waals surface area contributed by atoms with Gasteiger partial charge in [-0.05, 0) is 6.54 Å². The van der Waals surface area contributed by atoms with Crippen LogP contribution in [-0.2, 0) is 23.1 Å². The van der Waals surface area contributed by atoms with Gasteiger partial charge in [-0.15, -0.1) is 11.3 Å². The van der Waals surface area contributed by atoms with E-state index in [9.17, 15) is 0 Å². The number of nitrogens with one attached hydrogen (secondary N) is 1. The third-order valence-electron chi connectivity index (χ3n) is 2.51. The van der Waals surface area contributed by atoms with Crippen LogP contribution in [-0.4, -0.2) is 25.2 Å². The lowest BCUT2D eigenvalue weighted by atomic mass is 9.91. The quantitative estimate of drug-likeness (QED) is 0.850. The maximum absolute atomic E-state index is 5.11. The van der Waals surface area contributed by atoms with Crippen molar-refractivity contribution in [2.45, 2.75) is 46.1 Å². The van der Waals surface area contributed by atoms with Crippen molar-refractivity contribution in [1.29, 1.82) is 0 Å². The molecule has 0 bridgehead atoms. The molecule has 0 atom stereocenters. The highest BCUT2D eigenvalue weighted by atomic mass is 32.1. The van der Waals surface area contributed by atoms with Crippen LogP contribution in [0.3, 0.4) is 0 Å². The summed E-state index contributed by atoms with van der Waals surface area (Å²) < 4.78 is 5.11. The van der Waals surface area contributed by atoms with Crippen LogP contribution in [0.2, 0.25) is 0 Å². The molecule has 0 aliphatic rings. The van der Waals surface area contributed by atoms with Gasteiger partial charge in [0.2, 0.25) is 0 Å². The predicted octanol–water partition coefficient (Wildman–Crippen LogP) is 2.74. The third kappa shape index (κ3) is 4.37. The van der Waals surface area contributed by atoms with E-state index in [1.807, 2.05) is 11.3 Å². The molecule has 3 nitrogen and oxygen atoms in total. The highest BCUT2D eigenvalue weighted by Gasteiger charge is 2.22. The summed E-state index contributed by atoms with van der Waals surface area (Å²) in [6, 6.07) is 0. The maximum atomic E-state index is 5.11. The van der Waals surface area contributed by atoms with Crippen LogP contribution in [0.5, 0.6) is 0 Å². The van der Waals surface area contributed by atoms with Gasteiger partial charge in [0, 0.05) is 30.4 Å². The van der Waals surface area contributed by atoms with Crippen molar-refractivity contribution in [2.75, 3.05) is 20.3 Å². The van der Waals surface area contributed by atoms with E-state index >= 15 is 0 Å². The maximum Gasteiger partial charge on any atom is 0.0954 e. The molecule has 1 aromatic heterocycles. The normalized spacial score (nSPS) is 12.1. The van der Waals surface area contributed by atoms with Crippen molar-refractivity contribution in [3.05, 3.63) is 15.6 Å². The molecule has 1 rings (SSSR count). The lowest BCUT2D eigenvalue weighted by Crippen LogP contribution is -2.18. The fourth-order valence-electron chi connectivity index (χ4n) is 1.64. The van der Waals surface area contributed by atoms with Gasteiger partial charge >= 0.3 is 0 Å². The standard InChI is InChI=1S/C13H24N2OS/c1-6-14-9-10-12(13(2,3)4)15-11(17-10)7-8-16-5/h14H,6-9H2,1-5H3. The Morgan fingerprint density at radius 3 is 2.59 bits per heavy atom. The zero-order valence-electron chi connectivity index (χ0n) is 11.6. The summed E-state index contributed by atoms with van der Waals surface area (Å²) in [6.07, 6.45) is 0.913. The average molecular weight is 256 g/mol. The van der Waals surface area contributed by atoms with Crippen LogP contribution < -0.4 is 5.32 Å². The van der Waals surface area contributed by atoms with Crippen molar-refractivity contribution in [1.82, 2.24) is 10.3 Å². The summed E-state index contributed by atoms with van der Waals surface area (Å²) in [6.45, 7) is 11.5. The van der Waals surface area contributed by atoms with Crippen LogP contribution in [0, 0.1) is 0 Å². The van der Waals surface area contributed by atoms with Gasteiger partial charge in [-0.2, -0.15) is 0 Å². The van der Waals surface area contributed by atoms with E-state index in [1.165, 1.54) is 15.6 Å².